The number of amides is 1. The molecule has 0 saturated heterocycles. The zero-order valence-electron chi connectivity index (χ0n) is 11.9. The number of nitrogens with zero attached hydrogens (tertiary/aromatic N) is 1. The monoisotopic (exact) mass is 267 g/mol. The van der Waals surface area contributed by atoms with Crippen LogP contribution in [-0.2, 0) is 11.3 Å². The van der Waals surface area contributed by atoms with Crippen LogP contribution in [0.15, 0.2) is 18.2 Å². The number of hydrogen-bond acceptors (Lipinski definition) is 2. The van der Waals surface area contributed by atoms with Crippen molar-refractivity contribution < 1.29 is 13.9 Å². The lowest BCUT2D eigenvalue weighted by molar-refractivity contribution is -0.130. The summed E-state index contributed by atoms with van der Waals surface area (Å²) >= 11 is 0. The van der Waals surface area contributed by atoms with E-state index in [4.69, 9.17) is 4.74 Å². The summed E-state index contributed by atoms with van der Waals surface area (Å²) in [6.45, 7) is 2.53. The first-order valence-electron chi connectivity index (χ1n) is 6.64. The maximum Gasteiger partial charge on any atom is 0.222 e. The van der Waals surface area contributed by atoms with Crippen molar-refractivity contribution in [2.45, 2.75) is 39.2 Å². The highest BCUT2D eigenvalue weighted by Crippen LogP contribution is 2.18. The number of hydrogen-bond donors (Lipinski definition) is 0. The van der Waals surface area contributed by atoms with Gasteiger partial charge in [-0.05, 0) is 24.1 Å². The molecule has 0 aliphatic heterocycles. The van der Waals surface area contributed by atoms with Gasteiger partial charge in [-0.15, -0.1) is 0 Å². The summed E-state index contributed by atoms with van der Waals surface area (Å²) in [5, 5.41) is 0. The molecule has 0 aliphatic carbocycles. The van der Waals surface area contributed by atoms with Crippen molar-refractivity contribution >= 4 is 5.91 Å². The van der Waals surface area contributed by atoms with Crippen LogP contribution < -0.4 is 4.74 Å². The lowest BCUT2D eigenvalue weighted by atomic mass is 10.1. The van der Waals surface area contributed by atoms with Gasteiger partial charge in [-0.1, -0.05) is 25.8 Å². The Morgan fingerprint density at radius 1 is 1.37 bits per heavy atom. The van der Waals surface area contributed by atoms with E-state index < -0.39 is 5.82 Å². The molecule has 0 bridgehead atoms. The Hall–Kier alpha value is -1.58. The highest BCUT2D eigenvalue weighted by atomic mass is 19.1. The zero-order chi connectivity index (χ0) is 14.3. The van der Waals surface area contributed by atoms with Gasteiger partial charge in [0, 0.05) is 20.0 Å². The molecule has 0 aliphatic rings. The fourth-order valence-corrected chi connectivity index (χ4v) is 1.89. The number of ether oxygens (including phenoxy) is 1. The molecule has 1 amide bonds. The lowest BCUT2D eigenvalue weighted by Crippen LogP contribution is -2.25. The molecule has 0 unspecified atom stereocenters. The van der Waals surface area contributed by atoms with Crippen LogP contribution in [0.5, 0.6) is 5.75 Å². The number of carbonyl (C=O) groups is 1. The number of methoxy groups -OCH3 is 1. The van der Waals surface area contributed by atoms with Gasteiger partial charge in [0.05, 0.1) is 7.11 Å². The van der Waals surface area contributed by atoms with Crippen LogP contribution in [0.25, 0.3) is 0 Å². The molecule has 0 saturated carbocycles. The minimum Gasteiger partial charge on any atom is -0.494 e. The van der Waals surface area contributed by atoms with Gasteiger partial charge in [0.25, 0.3) is 0 Å². The van der Waals surface area contributed by atoms with Crippen LogP contribution in [0, 0.1) is 5.82 Å². The van der Waals surface area contributed by atoms with Crippen molar-refractivity contribution in [2.24, 2.45) is 0 Å². The van der Waals surface area contributed by atoms with Crippen LogP contribution in [0.4, 0.5) is 4.39 Å². The van der Waals surface area contributed by atoms with E-state index in [9.17, 15) is 9.18 Å². The van der Waals surface area contributed by atoms with Crippen LogP contribution in [-0.4, -0.2) is 25.0 Å². The van der Waals surface area contributed by atoms with Gasteiger partial charge in [-0.3, -0.25) is 4.79 Å². The first-order valence-corrected chi connectivity index (χ1v) is 6.64. The average molecular weight is 267 g/mol. The third kappa shape index (κ3) is 4.89. The largest absolute Gasteiger partial charge is 0.494 e. The van der Waals surface area contributed by atoms with Crippen LogP contribution >= 0.6 is 0 Å². The Morgan fingerprint density at radius 3 is 2.68 bits per heavy atom. The maximum atomic E-state index is 13.5. The van der Waals surface area contributed by atoms with Crippen molar-refractivity contribution in [3.8, 4) is 5.75 Å². The Morgan fingerprint density at radius 2 is 2.11 bits per heavy atom. The molecular formula is C15H22FNO2. The molecule has 1 aromatic carbocycles. The molecule has 0 heterocycles. The number of halogens is 1. The van der Waals surface area contributed by atoms with Crippen molar-refractivity contribution in [2.75, 3.05) is 14.2 Å². The fraction of sp³-hybridized carbons (Fsp3) is 0.533. The minimum atomic E-state index is -0.396. The molecule has 4 heteroatoms. The molecule has 0 radical (unpaired) electrons. The third-order valence-corrected chi connectivity index (χ3v) is 3.06. The zero-order valence-corrected chi connectivity index (χ0v) is 11.9. The normalized spacial score (nSPS) is 10.3. The van der Waals surface area contributed by atoms with Crippen LogP contribution in [0.1, 0.15) is 38.2 Å². The van der Waals surface area contributed by atoms with Crippen molar-refractivity contribution in [1.29, 1.82) is 0 Å². The Balaban J connectivity index is 2.54. The van der Waals surface area contributed by atoms with E-state index in [1.165, 1.54) is 13.2 Å². The maximum absolute atomic E-state index is 13.5. The molecule has 106 valence electrons. The highest BCUT2D eigenvalue weighted by Gasteiger charge is 2.10. The predicted molar refractivity (Wildman–Crippen MR) is 73.6 cm³/mol. The van der Waals surface area contributed by atoms with Gasteiger partial charge in [0.15, 0.2) is 11.6 Å². The molecule has 19 heavy (non-hydrogen) atoms. The van der Waals surface area contributed by atoms with Gasteiger partial charge in [0.2, 0.25) is 5.91 Å². The molecule has 0 spiro atoms. The Kier molecular flexibility index (Phi) is 6.33. The van der Waals surface area contributed by atoms with Gasteiger partial charge >= 0.3 is 0 Å². The van der Waals surface area contributed by atoms with E-state index in [1.54, 1.807) is 24.1 Å². The van der Waals surface area contributed by atoms with E-state index in [0.29, 0.717) is 13.0 Å². The summed E-state index contributed by atoms with van der Waals surface area (Å²) in [6.07, 6.45) is 3.64. The average Bonchev–Trinajstić information content (AvgIpc) is 2.39. The van der Waals surface area contributed by atoms with Crippen molar-refractivity contribution in [3.63, 3.8) is 0 Å². The van der Waals surface area contributed by atoms with E-state index in [0.717, 1.165) is 24.8 Å². The van der Waals surface area contributed by atoms with Crippen molar-refractivity contribution in [3.05, 3.63) is 29.6 Å². The number of benzene rings is 1. The van der Waals surface area contributed by atoms with Crippen molar-refractivity contribution in [1.82, 2.24) is 4.90 Å². The second-order valence-corrected chi connectivity index (χ2v) is 4.68. The molecule has 3 nitrogen and oxygen atoms in total. The van der Waals surface area contributed by atoms with Crippen LogP contribution in [0.2, 0.25) is 0 Å². The molecule has 0 aromatic heterocycles. The predicted octanol–water partition coefficient (Wildman–Crippen LogP) is 3.37. The Bertz CT molecular complexity index is 421. The van der Waals surface area contributed by atoms with E-state index >= 15 is 0 Å². The van der Waals surface area contributed by atoms with Gasteiger partial charge in [-0.25, -0.2) is 4.39 Å². The van der Waals surface area contributed by atoms with E-state index in [1.807, 2.05) is 0 Å². The SMILES string of the molecule is CCCCCC(=O)N(C)Cc1ccc(OC)c(F)c1. The summed E-state index contributed by atoms with van der Waals surface area (Å²) < 4.78 is 18.4. The molecular weight excluding hydrogens is 245 g/mol. The fourth-order valence-electron chi connectivity index (χ4n) is 1.89. The minimum absolute atomic E-state index is 0.102. The first-order chi connectivity index (χ1) is 9.08. The van der Waals surface area contributed by atoms with Gasteiger partial charge in [0.1, 0.15) is 0 Å². The summed E-state index contributed by atoms with van der Waals surface area (Å²) in [5.74, 6) is -0.0721. The number of rotatable bonds is 7. The molecule has 1 rings (SSSR count). The van der Waals surface area contributed by atoms with E-state index in [2.05, 4.69) is 6.92 Å². The first kappa shape index (κ1) is 15.5. The van der Waals surface area contributed by atoms with Crippen LogP contribution in [0.3, 0.4) is 0 Å². The quantitative estimate of drug-likeness (QED) is 0.709. The van der Waals surface area contributed by atoms with Gasteiger partial charge < -0.3 is 9.64 Å². The highest BCUT2D eigenvalue weighted by molar-refractivity contribution is 5.75. The second-order valence-electron chi connectivity index (χ2n) is 4.68. The molecule has 0 fully saturated rings. The molecule has 0 atom stereocenters. The second kappa shape index (κ2) is 7.77. The molecule has 0 N–H and O–H groups in total. The van der Waals surface area contributed by atoms with Gasteiger partial charge in [-0.2, -0.15) is 0 Å². The standard InChI is InChI=1S/C15H22FNO2/c1-4-5-6-7-15(18)17(2)11-12-8-9-14(19-3)13(16)10-12/h8-10H,4-7,11H2,1-3H3. The lowest BCUT2D eigenvalue weighted by Gasteiger charge is -2.17. The summed E-state index contributed by atoms with van der Waals surface area (Å²) in [6, 6.07) is 4.77. The number of unbranched alkanes of at least 4 members (excludes halogenated alkanes) is 2. The summed E-state index contributed by atoms with van der Waals surface area (Å²) in [4.78, 5) is 13.5. The topological polar surface area (TPSA) is 29.5 Å². The smallest absolute Gasteiger partial charge is 0.222 e. The van der Waals surface area contributed by atoms with E-state index in [-0.39, 0.29) is 11.7 Å². The molecule has 1 aromatic rings. The Labute approximate surface area is 114 Å². The summed E-state index contributed by atoms with van der Waals surface area (Å²) in [7, 11) is 3.18. The third-order valence-electron chi connectivity index (χ3n) is 3.06. The number of carbonyl (C=O) groups excluding carboxylic acids is 1. The summed E-state index contributed by atoms with van der Waals surface area (Å²) in [5.41, 5.74) is 0.768.